The summed E-state index contributed by atoms with van der Waals surface area (Å²) >= 11 is 13.7. The van der Waals surface area contributed by atoms with Gasteiger partial charge in [-0.3, -0.25) is 0 Å². The molecule has 0 unspecified atom stereocenters. The number of hydrogen-bond acceptors (Lipinski definition) is 6. The molecule has 1 aromatic heterocycles. The van der Waals surface area contributed by atoms with Crippen LogP contribution in [0.4, 0.5) is 5.13 Å². The molecule has 1 fully saturated rings. The van der Waals surface area contributed by atoms with Crippen LogP contribution in [0.15, 0.2) is 52.7 Å². The number of sulfone groups is 1. The molecule has 5 nitrogen and oxygen atoms in total. The van der Waals surface area contributed by atoms with Crippen molar-refractivity contribution >= 4 is 49.5 Å². The van der Waals surface area contributed by atoms with E-state index in [1.54, 1.807) is 30.6 Å². The first kappa shape index (κ1) is 21.4. The Bertz CT molecular complexity index is 1140. The molecule has 0 spiro atoms. The molecule has 0 N–H and O–H groups in total. The van der Waals surface area contributed by atoms with Crippen molar-refractivity contribution in [2.45, 2.75) is 23.0 Å². The van der Waals surface area contributed by atoms with E-state index in [-0.39, 0.29) is 14.9 Å². The van der Waals surface area contributed by atoms with Gasteiger partial charge >= 0.3 is 0 Å². The number of thiazole rings is 1. The summed E-state index contributed by atoms with van der Waals surface area (Å²) < 4.78 is 31.3. The van der Waals surface area contributed by atoms with Gasteiger partial charge in [-0.2, -0.15) is 0 Å². The van der Waals surface area contributed by atoms with Crippen molar-refractivity contribution in [1.29, 1.82) is 0 Å². The van der Waals surface area contributed by atoms with Crippen LogP contribution >= 0.6 is 34.5 Å². The van der Waals surface area contributed by atoms with E-state index < -0.39 is 15.1 Å². The van der Waals surface area contributed by atoms with Gasteiger partial charge in [-0.25, -0.2) is 13.4 Å². The minimum atomic E-state index is -3.54. The molecule has 1 aliphatic rings. The summed E-state index contributed by atoms with van der Waals surface area (Å²) in [6, 6.07) is 12.5. The third kappa shape index (κ3) is 4.17. The molecule has 1 saturated heterocycles. The number of rotatable bonds is 5. The van der Waals surface area contributed by atoms with Gasteiger partial charge < -0.3 is 9.64 Å². The summed E-state index contributed by atoms with van der Waals surface area (Å²) in [5.74, 6) is 0.803. The molecule has 0 atom stereocenters. The smallest absolute Gasteiger partial charge is 0.185 e. The molecule has 2 heterocycles. The van der Waals surface area contributed by atoms with Crippen molar-refractivity contribution in [3.8, 4) is 17.0 Å². The third-order valence-electron chi connectivity index (χ3n) is 5.25. The van der Waals surface area contributed by atoms with E-state index in [4.69, 9.17) is 32.9 Å². The van der Waals surface area contributed by atoms with E-state index >= 15 is 0 Å². The van der Waals surface area contributed by atoms with E-state index in [1.807, 2.05) is 29.6 Å². The van der Waals surface area contributed by atoms with Crippen LogP contribution in [0, 0.1) is 0 Å². The summed E-state index contributed by atoms with van der Waals surface area (Å²) in [6.45, 7) is 1.25. The Labute approximate surface area is 190 Å². The predicted molar refractivity (Wildman–Crippen MR) is 123 cm³/mol. The molecule has 2 aromatic carbocycles. The summed E-state index contributed by atoms with van der Waals surface area (Å²) in [5, 5.41) is 2.80. The number of nitrogens with zero attached hydrogens (tertiary/aromatic N) is 2. The molecule has 30 heavy (non-hydrogen) atoms. The molecule has 158 valence electrons. The maximum atomic E-state index is 13.1. The van der Waals surface area contributed by atoms with Gasteiger partial charge in [0, 0.05) is 24.0 Å². The molecule has 0 saturated carbocycles. The van der Waals surface area contributed by atoms with Gasteiger partial charge in [0.25, 0.3) is 0 Å². The first-order valence-corrected chi connectivity index (χ1v) is 12.6. The number of halogens is 2. The zero-order valence-electron chi connectivity index (χ0n) is 16.2. The van der Waals surface area contributed by atoms with Crippen molar-refractivity contribution in [2.75, 3.05) is 25.1 Å². The lowest BCUT2D eigenvalue weighted by molar-refractivity contribution is 0.415. The number of benzene rings is 2. The number of aromatic nitrogens is 1. The highest BCUT2D eigenvalue weighted by molar-refractivity contribution is 7.92. The lowest BCUT2D eigenvalue weighted by Gasteiger charge is -2.31. The number of anilines is 1. The monoisotopic (exact) mass is 482 g/mol. The summed E-state index contributed by atoms with van der Waals surface area (Å²) in [5.41, 5.74) is 1.92. The minimum Gasteiger partial charge on any atom is -0.497 e. The fraction of sp³-hybridized carbons (Fsp3) is 0.286. The molecular formula is C21H20Cl2N2O3S2. The van der Waals surface area contributed by atoms with Crippen LogP contribution in [-0.4, -0.2) is 38.9 Å². The highest BCUT2D eigenvalue weighted by Crippen LogP contribution is 2.35. The van der Waals surface area contributed by atoms with Crippen LogP contribution in [-0.2, 0) is 9.84 Å². The second-order valence-electron chi connectivity index (χ2n) is 7.03. The minimum absolute atomic E-state index is 0.102. The van der Waals surface area contributed by atoms with Crippen LogP contribution in [0.3, 0.4) is 0 Å². The fourth-order valence-corrected chi connectivity index (χ4v) is 6.93. The van der Waals surface area contributed by atoms with Crippen molar-refractivity contribution in [2.24, 2.45) is 0 Å². The second kappa shape index (κ2) is 8.75. The lowest BCUT2D eigenvalue weighted by Crippen LogP contribution is -2.39. The molecule has 0 radical (unpaired) electrons. The van der Waals surface area contributed by atoms with Crippen LogP contribution in [0.1, 0.15) is 12.8 Å². The zero-order chi connectivity index (χ0) is 21.3. The van der Waals surface area contributed by atoms with Crippen molar-refractivity contribution < 1.29 is 13.2 Å². The largest absolute Gasteiger partial charge is 0.497 e. The third-order valence-corrected chi connectivity index (χ3v) is 9.39. The Morgan fingerprint density at radius 2 is 1.80 bits per heavy atom. The van der Waals surface area contributed by atoms with E-state index in [0.717, 1.165) is 22.1 Å². The molecule has 9 heteroatoms. The van der Waals surface area contributed by atoms with Crippen molar-refractivity contribution in [3.05, 3.63) is 57.9 Å². The summed E-state index contributed by atoms with van der Waals surface area (Å²) in [7, 11) is -1.90. The first-order valence-electron chi connectivity index (χ1n) is 9.43. The van der Waals surface area contributed by atoms with Crippen LogP contribution in [0.25, 0.3) is 11.3 Å². The van der Waals surface area contributed by atoms with Gasteiger partial charge in [0.15, 0.2) is 15.0 Å². The summed E-state index contributed by atoms with van der Waals surface area (Å²) in [6.07, 6.45) is 1.03. The number of methoxy groups -OCH3 is 1. The SMILES string of the molecule is COc1ccc(-c2csc(N3CCC(S(=O)(=O)c4cccc(Cl)c4Cl)CC3)n2)cc1. The van der Waals surface area contributed by atoms with Crippen LogP contribution in [0.5, 0.6) is 5.75 Å². The molecule has 3 aromatic rings. The molecule has 0 bridgehead atoms. The van der Waals surface area contributed by atoms with Gasteiger partial charge in [0.05, 0.1) is 33.0 Å². The van der Waals surface area contributed by atoms with E-state index in [1.165, 1.54) is 6.07 Å². The van der Waals surface area contributed by atoms with Gasteiger partial charge in [0.1, 0.15) is 5.75 Å². The highest BCUT2D eigenvalue weighted by Gasteiger charge is 2.33. The first-order chi connectivity index (χ1) is 14.4. The topological polar surface area (TPSA) is 59.5 Å². The average Bonchev–Trinajstić information content (AvgIpc) is 3.26. The second-order valence-corrected chi connectivity index (χ2v) is 10.8. The van der Waals surface area contributed by atoms with Gasteiger partial charge in [-0.15, -0.1) is 11.3 Å². The quantitative estimate of drug-likeness (QED) is 0.475. The Balaban J connectivity index is 1.46. The standard InChI is InChI=1S/C21H20Cl2N2O3S2/c1-28-15-7-5-14(6-8-15)18-13-29-21(24-18)25-11-9-16(10-12-25)30(26,27)19-4-2-3-17(22)20(19)23/h2-8,13,16H,9-12H2,1H3. The van der Waals surface area contributed by atoms with E-state index in [2.05, 4.69) is 4.90 Å². The fourth-order valence-electron chi connectivity index (χ4n) is 3.54. The number of ether oxygens (including phenoxy) is 1. The Morgan fingerprint density at radius 3 is 2.47 bits per heavy atom. The maximum Gasteiger partial charge on any atom is 0.185 e. The Kier molecular flexibility index (Phi) is 6.25. The normalized spacial score (nSPS) is 15.4. The zero-order valence-corrected chi connectivity index (χ0v) is 19.4. The van der Waals surface area contributed by atoms with Gasteiger partial charge in [0.2, 0.25) is 0 Å². The van der Waals surface area contributed by atoms with E-state index in [9.17, 15) is 8.42 Å². The maximum absolute atomic E-state index is 13.1. The van der Waals surface area contributed by atoms with E-state index in [0.29, 0.717) is 25.9 Å². The van der Waals surface area contributed by atoms with Gasteiger partial charge in [-0.1, -0.05) is 29.3 Å². The van der Waals surface area contributed by atoms with Crippen LogP contribution < -0.4 is 9.64 Å². The van der Waals surface area contributed by atoms with Crippen LogP contribution in [0.2, 0.25) is 10.0 Å². The van der Waals surface area contributed by atoms with Crippen molar-refractivity contribution in [3.63, 3.8) is 0 Å². The molecular weight excluding hydrogens is 463 g/mol. The lowest BCUT2D eigenvalue weighted by atomic mass is 10.1. The number of hydrogen-bond donors (Lipinski definition) is 0. The molecule has 1 aliphatic heterocycles. The molecule has 0 aliphatic carbocycles. The average molecular weight is 483 g/mol. The predicted octanol–water partition coefficient (Wildman–Crippen LogP) is 5.57. The van der Waals surface area contributed by atoms with Gasteiger partial charge in [-0.05, 0) is 49.2 Å². The Hall–Kier alpha value is -1.80. The van der Waals surface area contributed by atoms with Crippen molar-refractivity contribution in [1.82, 2.24) is 4.98 Å². The molecule has 4 rings (SSSR count). The number of piperidine rings is 1. The Morgan fingerprint density at radius 1 is 1.10 bits per heavy atom. The highest BCUT2D eigenvalue weighted by atomic mass is 35.5. The summed E-state index contributed by atoms with van der Waals surface area (Å²) in [4.78, 5) is 7.01. The molecule has 0 amide bonds.